The van der Waals surface area contributed by atoms with E-state index in [4.69, 9.17) is 4.74 Å². The van der Waals surface area contributed by atoms with Crippen LogP contribution in [0.5, 0.6) is 0 Å². The summed E-state index contributed by atoms with van der Waals surface area (Å²) in [6.45, 7) is 22.7. The lowest BCUT2D eigenvalue weighted by molar-refractivity contribution is -0.221. The Labute approximate surface area is 291 Å². The van der Waals surface area contributed by atoms with Gasteiger partial charge in [0.1, 0.15) is 0 Å². The minimum absolute atomic E-state index is 0.0532. The van der Waals surface area contributed by atoms with Crippen LogP contribution in [0, 0.1) is 57.2 Å². The van der Waals surface area contributed by atoms with Crippen molar-refractivity contribution in [3.63, 3.8) is 0 Å². The van der Waals surface area contributed by atoms with E-state index in [1.165, 1.54) is 75.5 Å². The summed E-state index contributed by atoms with van der Waals surface area (Å²) in [5.41, 5.74) is 4.40. The third-order valence-electron chi connectivity index (χ3n) is 17.3. The first-order valence-corrected chi connectivity index (χ1v) is 19.9. The Kier molecular flexibility index (Phi) is 7.95. The maximum Gasteiger partial charge on any atom is 0.335 e. The molecule has 6 fully saturated rings. The van der Waals surface area contributed by atoms with Crippen molar-refractivity contribution in [1.29, 1.82) is 0 Å². The molecule has 1 aromatic carbocycles. The summed E-state index contributed by atoms with van der Waals surface area (Å²) in [4.78, 5) is 14.3. The van der Waals surface area contributed by atoms with Gasteiger partial charge in [-0.1, -0.05) is 66.7 Å². The molecule has 11 atom stereocenters. The lowest BCUT2D eigenvalue weighted by Gasteiger charge is -2.72. The van der Waals surface area contributed by atoms with Crippen molar-refractivity contribution in [1.82, 2.24) is 10.2 Å². The molecule has 2 bridgehead atoms. The van der Waals surface area contributed by atoms with Crippen LogP contribution in [-0.2, 0) is 4.74 Å². The van der Waals surface area contributed by atoms with Gasteiger partial charge in [0.05, 0.1) is 18.3 Å². The summed E-state index contributed by atoms with van der Waals surface area (Å²) < 4.78 is 5.91. The number of aromatic carboxylic acids is 1. The van der Waals surface area contributed by atoms with E-state index in [9.17, 15) is 9.90 Å². The monoisotopic (exact) mass is 656 g/mol. The van der Waals surface area contributed by atoms with Crippen molar-refractivity contribution in [3.8, 4) is 0 Å². The van der Waals surface area contributed by atoms with Gasteiger partial charge in [-0.2, -0.15) is 0 Å². The largest absolute Gasteiger partial charge is 0.478 e. The Morgan fingerprint density at radius 2 is 1.73 bits per heavy atom. The van der Waals surface area contributed by atoms with Crippen molar-refractivity contribution in [2.24, 2.45) is 57.2 Å². The second-order valence-electron chi connectivity index (χ2n) is 19.5. The molecule has 0 amide bonds. The highest BCUT2D eigenvalue weighted by atomic mass is 16.5. The van der Waals surface area contributed by atoms with Gasteiger partial charge < -0.3 is 15.2 Å². The lowest BCUT2D eigenvalue weighted by atomic mass is 9.33. The number of hydrogen-bond acceptors (Lipinski definition) is 4. The summed E-state index contributed by atoms with van der Waals surface area (Å²) in [7, 11) is 0. The number of nitrogens with one attached hydrogen (secondary N) is 1. The number of ether oxygens (including phenoxy) is 1. The van der Waals surface area contributed by atoms with E-state index < -0.39 is 5.97 Å². The molecule has 0 spiro atoms. The molecule has 2 aliphatic heterocycles. The third-order valence-corrected chi connectivity index (χ3v) is 17.3. The highest BCUT2D eigenvalue weighted by molar-refractivity contribution is 5.88. The molecule has 2 N–H and O–H groups in total. The standard InChI is InChI=1S/C43H64N2O3/c1-27(2)32-14-19-43(44-22-23-45-25-31-24-30(45)26-48-31)21-20-41(6)34(37(32)43)12-13-36-40(5)17-15-33(28-8-10-29(11-9-28)38(46)47)39(3,4)35(40)16-18-42(36,41)7/h8-11,15,27,30-32,34-37,44H,12-14,16-26H2,1-7H3,(H,46,47)/t30?,31-,32-,34+,35-,36+,37+,40-,41+,42+,43-/m0/s1. The Morgan fingerprint density at radius 3 is 2.40 bits per heavy atom. The summed E-state index contributed by atoms with van der Waals surface area (Å²) in [6, 6.07) is 8.35. The second kappa shape index (κ2) is 11.4. The molecule has 5 heteroatoms. The van der Waals surface area contributed by atoms with Crippen LogP contribution in [0.25, 0.3) is 5.57 Å². The maximum absolute atomic E-state index is 11.6. The van der Waals surface area contributed by atoms with E-state index in [1.807, 2.05) is 0 Å². The molecule has 1 unspecified atom stereocenters. The number of carboxylic acid groups (broad SMARTS) is 1. The van der Waals surface area contributed by atoms with E-state index in [1.54, 1.807) is 12.1 Å². The van der Waals surface area contributed by atoms with Gasteiger partial charge in [-0.15, -0.1) is 0 Å². The minimum atomic E-state index is -0.848. The number of benzene rings is 1. The molecule has 264 valence electrons. The fourth-order valence-corrected chi connectivity index (χ4v) is 14.8. The molecule has 0 aromatic heterocycles. The first-order valence-electron chi connectivity index (χ1n) is 19.9. The zero-order valence-electron chi connectivity index (χ0n) is 31.1. The number of carbonyl (C=O) groups is 1. The number of allylic oxidation sites excluding steroid dienone is 2. The van der Waals surface area contributed by atoms with Gasteiger partial charge in [0.25, 0.3) is 0 Å². The van der Waals surface area contributed by atoms with Crippen LogP contribution in [-0.4, -0.2) is 59.9 Å². The smallest absolute Gasteiger partial charge is 0.335 e. The van der Waals surface area contributed by atoms with Crippen LogP contribution in [0.4, 0.5) is 0 Å². The Morgan fingerprint density at radius 1 is 0.958 bits per heavy atom. The Bertz CT molecular complexity index is 1450. The van der Waals surface area contributed by atoms with E-state index in [-0.39, 0.29) is 10.8 Å². The van der Waals surface area contributed by atoms with E-state index >= 15 is 0 Å². The van der Waals surface area contributed by atoms with Gasteiger partial charge in [0.15, 0.2) is 0 Å². The molecule has 5 aliphatic carbocycles. The predicted molar refractivity (Wildman–Crippen MR) is 194 cm³/mol. The first kappa shape index (κ1) is 33.5. The van der Waals surface area contributed by atoms with Crippen LogP contribution in [0.2, 0.25) is 0 Å². The van der Waals surface area contributed by atoms with Crippen molar-refractivity contribution in [3.05, 3.63) is 41.5 Å². The Balaban J connectivity index is 1.06. The maximum atomic E-state index is 11.6. The average molecular weight is 657 g/mol. The van der Waals surface area contributed by atoms with E-state index in [0.717, 1.165) is 55.7 Å². The van der Waals surface area contributed by atoms with Gasteiger partial charge in [-0.25, -0.2) is 4.79 Å². The number of fused-ring (bicyclic) bond motifs is 9. The normalized spacial score (nSPS) is 46.1. The lowest BCUT2D eigenvalue weighted by Crippen LogP contribution is -2.68. The highest BCUT2D eigenvalue weighted by Gasteiger charge is 2.70. The minimum Gasteiger partial charge on any atom is -0.478 e. The molecular weight excluding hydrogens is 592 g/mol. The quantitative estimate of drug-likeness (QED) is 0.307. The molecule has 1 aromatic rings. The van der Waals surface area contributed by atoms with Crippen molar-refractivity contribution in [2.45, 2.75) is 130 Å². The summed E-state index contributed by atoms with van der Waals surface area (Å²) in [6.07, 6.45) is 16.4. The molecule has 7 aliphatic rings. The topological polar surface area (TPSA) is 61.8 Å². The fraction of sp³-hybridized carbons (Fsp3) is 0.791. The van der Waals surface area contributed by atoms with Crippen LogP contribution < -0.4 is 5.32 Å². The number of rotatable bonds is 7. The number of likely N-dealkylation sites (tertiary alicyclic amines) is 1. The first-order chi connectivity index (χ1) is 22.7. The van der Waals surface area contributed by atoms with Crippen LogP contribution in [0.3, 0.4) is 0 Å². The average Bonchev–Trinajstić information content (AvgIpc) is 3.76. The molecule has 0 radical (unpaired) electrons. The number of morpholine rings is 1. The van der Waals surface area contributed by atoms with Crippen molar-refractivity contribution >= 4 is 11.5 Å². The van der Waals surface area contributed by atoms with Crippen LogP contribution in [0.15, 0.2) is 30.3 Å². The summed E-state index contributed by atoms with van der Waals surface area (Å²) >= 11 is 0. The van der Waals surface area contributed by atoms with Gasteiger partial charge in [0, 0.05) is 31.2 Å². The molecule has 48 heavy (non-hydrogen) atoms. The van der Waals surface area contributed by atoms with Crippen LogP contribution >= 0.6 is 0 Å². The van der Waals surface area contributed by atoms with Gasteiger partial charge in [-0.05, 0) is 145 Å². The molecular formula is C43H64N2O3. The molecule has 2 heterocycles. The molecule has 5 nitrogen and oxygen atoms in total. The van der Waals surface area contributed by atoms with Gasteiger partial charge in [0.2, 0.25) is 0 Å². The Hall–Kier alpha value is -1.69. The third kappa shape index (κ3) is 4.68. The molecule has 8 rings (SSSR count). The fourth-order valence-electron chi connectivity index (χ4n) is 14.8. The highest BCUT2D eigenvalue weighted by Crippen LogP contribution is 2.76. The molecule has 2 saturated heterocycles. The summed E-state index contributed by atoms with van der Waals surface area (Å²) in [5.74, 6) is 3.70. The zero-order valence-corrected chi connectivity index (χ0v) is 31.1. The number of carboxylic acids is 1. The van der Waals surface area contributed by atoms with Crippen LogP contribution in [0.1, 0.15) is 129 Å². The van der Waals surface area contributed by atoms with E-state index in [0.29, 0.717) is 40.0 Å². The van der Waals surface area contributed by atoms with E-state index in [2.05, 4.69) is 76.9 Å². The summed E-state index contributed by atoms with van der Waals surface area (Å²) in [5, 5.41) is 13.9. The van der Waals surface area contributed by atoms with Crippen molar-refractivity contribution in [2.75, 3.05) is 26.2 Å². The predicted octanol–water partition coefficient (Wildman–Crippen LogP) is 8.93. The van der Waals surface area contributed by atoms with Gasteiger partial charge >= 0.3 is 5.97 Å². The SMILES string of the molecule is CC(C)[C@@H]1CC[C@]2(NCCN3C[C@@H]4CC3CO4)CC[C@]3(C)[C@H](CC[C@@H]4[C@@]5(C)CC=C(c6ccc(C(=O)O)cc6)C(C)(C)[C@@H]5CC[C@]43C)[C@@H]12. The molecule has 4 saturated carbocycles. The second-order valence-corrected chi connectivity index (χ2v) is 19.5. The van der Waals surface area contributed by atoms with Crippen molar-refractivity contribution < 1.29 is 14.6 Å². The zero-order chi connectivity index (χ0) is 33.9. The van der Waals surface area contributed by atoms with Gasteiger partial charge in [-0.3, -0.25) is 4.90 Å². The number of hydrogen-bond donors (Lipinski definition) is 2. The number of nitrogens with zero attached hydrogens (tertiary/aromatic N) is 1.